The van der Waals surface area contributed by atoms with Crippen LogP contribution in [-0.2, 0) is 28.4 Å². The van der Waals surface area contributed by atoms with Gasteiger partial charge in [0.1, 0.15) is 16.0 Å². The molecule has 1 aliphatic rings. The molecule has 1 saturated heterocycles. The zero-order chi connectivity index (χ0) is 24.3. The molecule has 0 unspecified atom stereocenters. The van der Waals surface area contributed by atoms with Crippen LogP contribution < -0.4 is 15.6 Å². The Morgan fingerprint density at radius 1 is 1.21 bits per heavy atom. The molecular formula is C22H28N6O5S. The van der Waals surface area contributed by atoms with Crippen molar-refractivity contribution in [3.8, 4) is 5.75 Å². The summed E-state index contributed by atoms with van der Waals surface area (Å²) < 4.78 is 36.4. The van der Waals surface area contributed by atoms with Crippen LogP contribution in [0.4, 0.5) is 5.69 Å². The quantitative estimate of drug-likeness (QED) is 0.511. The number of benzene rings is 1. The third-order valence-electron chi connectivity index (χ3n) is 5.76. The number of fused-ring (bicyclic) bond motifs is 1. The standard InChI is InChI=1S/C22H28N6O5S/c1-3-33-18-8-7-16(13-19(18)34(31,32)28-10-5-4-6-11-28)25-20(29)9-12-27-15-23-21-17(22(27)30)14-24-26(21)2/h7-8,13-15H,3-6,9-12H2,1-2H3,(H,25,29). The van der Waals surface area contributed by atoms with E-state index in [2.05, 4.69) is 15.4 Å². The first-order chi connectivity index (χ1) is 16.3. The van der Waals surface area contributed by atoms with Crippen LogP contribution in [-0.4, -0.2) is 57.7 Å². The number of carbonyl (C=O) groups excluding carboxylic acids is 1. The first-order valence-electron chi connectivity index (χ1n) is 11.2. The molecule has 0 saturated carbocycles. The van der Waals surface area contributed by atoms with Gasteiger partial charge in [0.15, 0.2) is 5.65 Å². The van der Waals surface area contributed by atoms with Gasteiger partial charge in [0, 0.05) is 38.8 Å². The van der Waals surface area contributed by atoms with Gasteiger partial charge in [-0.05, 0) is 38.0 Å². The monoisotopic (exact) mass is 488 g/mol. The van der Waals surface area contributed by atoms with Crippen LogP contribution in [0.2, 0.25) is 0 Å². The minimum atomic E-state index is -3.76. The Bertz CT molecular complexity index is 1360. The predicted octanol–water partition coefficient (Wildman–Crippen LogP) is 1.73. The largest absolute Gasteiger partial charge is 0.492 e. The summed E-state index contributed by atoms with van der Waals surface area (Å²) in [7, 11) is -2.06. The highest BCUT2D eigenvalue weighted by molar-refractivity contribution is 7.89. The van der Waals surface area contributed by atoms with Gasteiger partial charge in [-0.3, -0.25) is 18.8 Å². The molecule has 1 aliphatic heterocycles. The number of aromatic nitrogens is 4. The second kappa shape index (κ2) is 9.94. The number of nitrogens with zero attached hydrogens (tertiary/aromatic N) is 5. The Morgan fingerprint density at radius 3 is 2.71 bits per heavy atom. The van der Waals surface area contributed by atoms with Crippen LogP contribution in [0, 0.1) is 0 Å². The second-order valence-corrected chi connectivity index (χ2v) is 10.0. The van der Waals surface area contributed by atoms with Crippen molar-refractivity contribution >= 4 is 32.7 Å². The number of nitrogens with one attached hydrogen (secondary N) is 1. The van der Waals surface area contributed by atoms with E-state index in [1.807, 2.05) is 0 Å². The average Bonchev–Trinajstić information content (AvgIpc) is 3.21. The Balaban J connectivity index is 1.50. The van der Waals surface area contributed by atoms with E-state index in [1.54, 1.807) is 26.1 Å². The van der Waals surface area contributed by atoms with E-state index in [4.69, 9.17) is 4.74 Å². The van der Waals surface area contributed by atoms with Crippen molar-refractivity contribution in [2.45, 2.75) is 44.0 Å². The number of hydrogen-bond acceptors (Lipinski definition) is 7. The highest BCUT2D eigenvalue weighted by atomic mass is 32.2. The van der Waals surface area contributed by atoms with Crippen LogP contribution in [0.5, 0.6) is 5.75 Å². The van der Waals surface area contributed by atoms with Crippen molar-refractivity contribution in [1.29, 1.82) is 0 Å². The molecule has 0 bridgehead atoms. The molecule has 182 valence electrons. The summed E-state index contributed by atoms with van der Waals surface area (Å²) in [6, 6.07) is 4.59. The normalized spacial score (nSPS) is 14.9. The number of ether oxygens (including phenoxy) is 1. The maximum absolute atomic E-state index is 13.3. The van der Waals surface area contributed by atoms with Crippen molar-refractivity contribution in [2.75, 3.05) is 25.0 Å². The van der Waals surface area contributed by atoms with Gasteiger partial charge in [-0.25, -0.2) is 13.4 Å². The lowest BCUT2D eigenvalue weighted by atomic mass is 10.2. The first-order valence-corrected chi connectivity index (χ1v) is 12.7. The molecule has 0 radical (unpaired) electrons. The summed E-state index contributed by atoms with van der Waals surface area (Å²) in [6.45, 7) is 3.16. The molecule has 4 rings (SSSR count). The molecule has 1 amide bonds. The molecule has 1 aromatic carbocycles. The van der Waals surface area contributed by atoms with E-state index in [0.717, 1.165) is 19.3 Å². The molecule has 34 heavy (non-hydrogen) atoms. The number of carbonyl (C=O) groups is 1. The minimum absolute atomic E-state index is 0.00871. The fourth-order valence-electron chi connectivity index (χ4n) is 3.98. The van der Waals surface area contributed by atoms with Gasteiger partial charge in [-0.2, -0.15) is 9.40 Å². The van der Waals surface area contributed by atoms with Gasteiger partial charge >= 0.3 is 0 Å². The van der Waals surface area contributed by atoms with Crippen LogP contribution in [0.3, 0.4) is 0 Å². The van der Waals surface area contributed by atoms with Crippen LogP contribution in [0.1, 0.15) is 32.6 Å². The lowest BCUT2D eigenvalue weighted by molar-refractivity contribution is -0.116. The Labute approximate surface area is 197 Å². The van der Waals surface area contributed by atoms with Crippen LogP contribution >= 0.6 is 0 Å². The number of sulfonamides is 1. The van der Waals surface area contributed by atoms with Gasteiger partial charge in [-0.1, -0.05) is 6.42 Å². The molecule has 3 aromatic rings. The number of piperidine rings is 1. The summed E-state index contributed by atoms with van der Waals surface area (Å²) in [4.78, 5) is 29.4. The van der Waals surface area contributed by atoms with Crippen molar-refractivity contribution in [3.05, 3.63) is 41.1 Å². The van der Waals surface area contributed by atoms with Crippen molar-refractivity contribution in [2.24, 2.45) is 7.05 Å². The van der Waals surface area contributed by atoms with Crippen molar-refractivity contribution in [1.82, 2.24) is 23.6 Å². The lowest BCUT2D eigenvalue weighted by Gasteiger charge is -2.27. The summed E-state index contributed by atoms with van der Waals surface area (Å²) >= 11 is 0. The van der Waals surface area contributed by atoms with Crippen molar-refractivity contribution in [3.63, 3.8) is 0 Å². The number of rotatable bonds is 8. The van der Waals surface area contributed by atoms with Crippen LogP contribution in [0.15, 0.2) is 40.4 Å². The molecular weight excluding hydrogens is 460 g/mol. The maximum atomic E-state index is 13.3. The second-order valence-electron chi connectivity index (χ2n) is 8.11. The zero-order valence-corrected chi connectivity index (χ0v) is 20.0. The van der Waals surface area contributed by atoms with E-state index >= 15 is 0 Å². The number of amides is 1. The zero-order valence-electron chi connectivity index (χ0n) is 19.2. The number of hydrogen-bond donors (Lipinski definition) is 1. The number of aryl methyl sites for hydroxylation is 2. The lowest BCUT2D eigenvalue weighted by Crippen LogP contribution is -2.35. The van der Waals surface area contributed by atoms with E-state index in [0.29, 0.717) is 36.4 Å². The smallest absolute Gasteiger partial charge is 0.264 e. The van der Waals surface area contributed by atoms with Gasteiger partial charge in [-0.15, -0.1) is 0 Å². The molecule has 0 spiro atoms. The average molecular weight is 489 g/mol. The molecule has 0 aliphatic carbocycles. The Morgan fingerprint density at radius 2 is 1.97 bits per heavy atom. The van der Waals surface area contributed by atoms with Gasteiger partial charge in [0.2, 0.25) is 15.9 Å². The van der Waals surface area contributed by atoms with E-state index in [9.17, 15) is 18.0 Å². The summed E-state index contributed by atoms with van der Waals surface area (Å²) in [5.74, 6) is -0.0999. The maximum Gasteiger partial charge on any atom is 0.264 e. The predicted molar refractivity (Wildman–Crippen MR) is 126 cm³/mol. The van der Waals surface area contributed by atoms with Gasteiger partial charge < -0.3 is 10.1 Å². The van der Waals surface area contributed by atoms with Gasteiger partial charge in [0.05, 0.1) is 19.1 Å². The highest BCUT2D eigenvalue weighted by Crippen LogP contribution is 2.31. The Hall–Kier alpha value is -3.25. The molecule has 2 aromatic heterocycles. The molecule has 3 heterocycles. The first kappa shape index (κ1) is 23.9. The molecule has 12 heteroatoms. The Kier molecular flexibility index (Phi) is 6.98. The third kappa shape index (κ3) is 4.82. The number of anilines is 1. The van der Waals surface area contributed by atoms with Crippen molar-refractivity contribution < 1.29 is 17.9 Å². The molecule has 1 fully saturated rings. The molecule has 1 N–H and O–H groups in total. The fourth-order valence-corrected chi connectivity index (χ4v) is 5.65. The third-order valence-corrected chi connectivity index (χ3v) is 7.68. The van der Waals surface area contributed by atoms with E-state index in [1.165, 1.54) is 32.1 Å². The minimum Gasteiger partial charge on any atom is -0.492 e. The summed E-state index contributed by atoms with van der Waals surface area (Å²) in [6.07, 6.45) is 5.49. The fraction of sp³-hybridized carbons (Fsp3) is 0.455. The summed E-state index contributed by atoms with van der Waals surface area (Å²) in [5.41, 5.74) is 0.543. The van der Waals surface area contributed by atoms with E-state index < -0.39 is 10.0 Å². The SMILES string of the molecule is CCOc1ccc(NC(=O)CCn2cnc3c(cnn3C)c2=O)cc1S(=O)(=O)N1CCCCC1. The summed E-state index contributed by atoms with van der Waals surface area (Å²) in [5, 5.41) is 7.14. The van der Waals surface area contributed by atoms with Crippen LogP contribution in [0.25, 0.3) is 11.0 Å². The highest BCUT2D eigenvalue weighted by Gasteiger charge is 2.29. The van der Waals surface area contributed by atoms with Gasteiger partial charge in [0.25, 0.3) is 5.56 Å². The topological polar surface area (TPSA) is 128 Å². The van der Waals surface area contributed by atoms with E-state index in [-0.39, 0.29) is 35.1 Å². The molecule has 0 atom stereocenters. The molecule has 11 nitrogen and oxygen atoms in total.